The number of unbranched alkanes of at least 4 members (excludes halogenated alkanes) is 4. The molecule has 1 heterocycles. The van der Waals surface area contributed by atoms with Crippen LogP contribution in [0, 0.1) is 0 Å². The van der Waals surface area contributed by atoms with Crippen molar-refractivity contribution in [2.45, 2.75) is 69.9 Å². The monoisotopic (exact) mass is 447 g/mol. The summed E-state index contributed by atoms with van der Waals surface area (Å²) >= 11 is 11.9. The molecule has 1 aromatic rings. The van der Waals surface area contributed by atoms with Crippen LogP contribution in [0.5, 0.6) is 5.75 Å². The molecule has 3 N–H and O–H groups in total. The summed E-state index contributed by atoms with van der Waals surface area (Å²) in [5.74, 6) is -0.174. The zero-order valence-corrected chi connectivity index (χ0v) is 17.9. The molecule has 0 radical (unpaired) electrons. The van der Waals surface area contributed by atoms with Crippen LogP contribution in [0.4, 0.5) is 0 Å². The van der Waals surface area contributed by atoms with Crippen LogP contribution >= 0.6 is 23.2 Å². The van der Waals surface area contributed by atoms with E-state index in [0.717, 1.165) is 48.3 Å². The van der Waals surface area contributed by atoms with Crippen LogP contribution < -0.4 is 4.74 Å². The molecule has 0 spiro atoms. The molecule has 0 saturated carbocycles. The molecule has 1 aliphatic rings. The second kappa shape index (κ2) is 12.1. The summed E-state index contributed by atoms with van der Waals surface area (Å²) in [6.45, 7) is 0.500. The summed E-state index contributed by atoms with van der Waals surface area (Å²) in [4.78, 5) is 10.5. The molecule has 1 aromatic carbocycles. The van der Waals surface area contributed by atoms with E-state index in [1.165, 1.54) is 6.34 Å². The van der Waals surface area contributed by atoms with E-state index < -0.39 is 5.97 Å². The lowest BCUT2D eigenvalue weighted by atomic mass is 9.97. The molecule has 2 unspecified atom stereocenters. The maximum absolute atomic E-state index is 10.5. The van der Waals surface area contributed by atoms with E-state index in [4.69, 9.17) is 33.0 Å². The highest BCUT2D eigenvalue weighted by atomic mass is 35.5. The van der Waals surface area contributed by atoms with E-state index in [1.807, 2.05) is 0 Å². The zero-order chi connectivity index (χ0) is 21.2. The fourth-order valence-corrected chi connectivity index (χ4v) is 3.97. The van der Waals surface area contributed by atoms with Gasteiger partial charge in [0, 0.05) is 11.4 Å². The topological polar surface area (TPSA) is 93.2 Å². The molecule has 0 bridgehead atoms. The predicted molar refractivity (Wildman–Crippen MR) is 110 cm³/mol. The largest absolute Gasteiger partial charge is 0.492 e. The third-order valence-corrected chi connectivity index (χ3v) is 5.58. The first-order chi connectivity index (χ1) is 13.9. The van der Waals surface area contributed by atoms with Crippen LogP contribution in [-0.2, 0) is 4.79 Å². The first-order valence-electron chi connectivity index (χ1n) is 9.97. The number of carbonyl (C=O) groups is 1. The highest BCUT2D eigenvalue weighted by molar-refractivity contribution is 6.35. The van der Waals surface area contributed by atoms with Crippen molar-refractivity contribution in [3.05, 3.63) is 28.2 Å². The minimum absolute atomic E-state index is 0.175. The average Bonchev–Trinajstić information content (AvgIpc) is 2.92. The molecule has 0 amide bonds. The number of aliphatic carboxylic acids is 1. The van der Waals surface area contributed by atoms with Gasteiger partial charge >= 0.3 is 12.3 Å². The van der Waals surface area contributed by atoms with Crippen molar-refractivity contribution in [2.24, 2.45) is 0 Å². The lowest BCUT2D eigenvalue weighted by Gasteiger charge is -2.17. The van der Waals surface area contributed by atoms with Crippen molar-refractivity contribution in [2.75, 3.05) is 6.61 Å². The summed E-state index contributed by atoms with van der Waals surface area (Å²) in [5, 5.41) is 30.9. The third kappa shape index (κ3) is 7.91. The molecule has 0 aliphatic carbocycles. The molecule has 7 nitrogen and oxygen atoms in total. The van der Waals surface area contributed by atoms with Gasteiger partial charge in [0.1, 0.15) is 5.75 Å². The van der Waals surface area contributed by atoms with Crippen LogP contribution in [0.1, 0.15) is 57.8 Å². The van der Waals surface area contributed by atoms with Crippen molar-refractivity contribution in [1.29, 1.82) is 0 Å². The van der Waals surface area contributed by atoms with E-state index in [0.29, 0.717) is 35.2 Å². The van der Waals surface area contributed by atoms with E-state index >= 15 is 0 Å². The number of nitrogens with zero attached hydrogens (tertiary/aromatic N) is 2. The second-order valence-corrected chi connectivity index (χ2v) is 8.12. The number of hydroxylamine groups is 3. The Morgan fingerprint density at radius 2 is 1.83 bits per heavy atom. The van der Waals surface area contributed by atoms with Gasteiger partial charge in [0.05, 0.1) is 11.6 Å². The third-order valence-electron chi connectivity index (χ3n) is 5.05. The first-order valence-corrected chi connectivity index (χ1v) is 10.7. The van der Waals surface area contributed by atoms with Gasteiger partial charge in [-0.05, 0) is 56.7 Å². The Bertz CT molecular complexity index is 701. The molecular formula is C20H29Cl2N2O5+. The minimum Gasteiger partial charge on any atom is -0.492 e. The molecule has 9 heteroatoms. The quantitative estimate of drug-likeness (QED) is 0.227. The Balaban J connectivity index is 1.67. The molecule has 0 saturated heterocycles. The molecule has 162 valence electrons. The van der Waals surface area contributed by atoms with Crippen LogP contribution in [0.2, 0.25) is 10.0 Å². The minimum atomic E-state index is -0.768. The number of carboxylic acid groups (broad SMARTS) is 1. The van der Waals surface area contributed by atoms with E-state index in [-0.39, 0.29) is 18.5 Å². The molecule has 1 aliphatic heterocycles. The van der Waals surface area contributed by atoms with Crippen LogP contribution in [0.25, 0.3) is 0 Å². The molecular weight excluding hydrogens is 419 g/mol. The van der Waals surface area contributed by atoms with E-state index in [9.17, 15) is 15.2 Å². The lowest BCUT2D eigenvalue weighted by Crippen LogP contribution is -2.36. The SMILES string of the molecule is O=C(O)CCCCCCC1C(CCCCOc2ccc(Cl)cc2Cl)[N+](O)=CN1O. The molecule has 2 atom stereocenters. The molecule has 0 aromatic heterocycles. The number of ether oxygens (including phenoxy) is 1. The van der Waals surface area contributed by atoms with E-state index in [1.54, 1.807) is 18.2 Å². The highest BCUT2D eigenvalue weighted by Gasteiger charge is 2.41. The van der Waals surface area contributed by atoms with Crippen LogP contribution in [-0.4, -0.2) is 56.3 Å². The van der Waals surface area contributed by atoms with Crippen LogP contribution in [0.15, 0.2) is 18.2 Å². The number of rotatable bonds is 13. The van der Waals surface area contributed by atoms with Gasteiger partial charge in [0.2, 0.25) is 0 Å². The van der Waals surface area contributed by atoms with Crippen molar-refractivity contribution >= 4 is 35.5 Å². The zero-order valence-electron chi connectivity index (χ0n) is 16.3. The molecule has 2 rings (SSSR count). The normalized spacial score (nSPS) is 18.7. The van der Waals surface area contributed by atoms with Gasteiger partial charge in [-0.25, -0.2) is 5.21 Å². The van der Waals surface area contributed by atoms with Gasteiger partial charge in [-0.15, -0.1) is 5.06 Å². The Labute approximate surface area is 181 Å². The van der Waals surface area contributed by atoms with Gasteiger partial charge in [0.15, 0.2) is 12.1 Å². The predicted octanol–water partition coefficient (Wildman–Crippen LogP) is 4.84. The van der Waals surface area contributed by atoms with Crippen molar-refractivity contribution < 1.29 is 29.8 Å². The summed E-state index contributed by atoms with van der Waals surface area (Å²) in [7, 11) is 0. The fourth-order valence-electron chi connectivity index (χ4n) is 3.51. The number of hydrogen-bond acceptors (Lipinski definition) is 5. The maximum Gasteiger partial charge on any atom is 0.304 e. The standard InChI is InChI=1S/C20H28Cl2N2O5/c21-15-10-11-19(16(22)13-15)29-12-6-5-8-18-17(23(27)14-24(18)28)7-3-1-2-4-9-20(25)26/h10-11,13-14,17-18H,1-9,12H2,(H2-,25,26,27,28)/p+1. The lowest BCUT2D eigenvalue weighted by molar-refractivity contribution is -0.792. The Hall–Kier alpha value is -1.70. The van der Waals surface area contributed by atoms with Crippen molar-refractivity contribution in [3.63, 3.8) is 0 Å². The Kier molecular flexibility index (Phi) is 9.84. The summed E-state index contributed by atoms with van der Waals surface area (Å²) in [6, 6.07) is 4.74. The van der Waals surface area contributed by atoms with Gasteiger partial charge in [-0.3, -0.25) is 4.79 Å². The Morgan fingerprint density at radius 1 is 1.10 bits per heavy atom. The summed E-state index contributed by atoms with van der Waals surface area (Å²) in [6.07, 6.45) is 7.87. The van der Waals surface area contributed by atoms with Gasteiger partial charge in [-0.2, -0.15) is 0 Å². The molecule has 0 fully saturated rings. The summed E-state index contributed by atoms with van der Waals surface area (Å²) < 4.78 is 6.75. The summed E-state index contributed by atoms with van der Waals surface area (Å²) in [5.41, 5.74) is 0. The van der Waals surface area contributed by atoms with Crippen LogP contribution in [0.3, 0.4) is 0 Å². The fraction of sp³-hybridized carbons (Fsp3) is 0.600. The van der Waals surface area contributed by atoms with Gasteiger partial charge in [0.25, 0.3) is 0 Å². The van der Waals surface area contributed by atoms with Crippen molar-refractivity contribution in [1.82, 2.24) is 5.06 Å². The Morgan fingerprint density at radius 3 is 2.55 bits per heavy atom. The number of benzene rings is 1. The highest BCUT2D eigenvalue weighted by Crippen LogP contribution is 2.28. The first kappa shape index (κ1) is 23.6. The second-order valence-electron chi connectivity index (χ2n) is 7.28. The van der Waals surface area contributed by atoms with Crippen molar-refractivity contribution in [3.8, 4) is 5.75 Å². The van der Waals surface area contributed by atoms with E-state index in [2.05, 4.69) is 0 Å². The maximum atomic E-state index is 10.5. The van der Waals surface area contributed by atoms with Gasteiger partial charge < -0.3 is 15.1 Å². The smallest absolute Gasteiger partial charge is 0.304 e. The number of carboxylic acids is 1. The average molecular weight is 448 g/mol. The molecule has 29 heavy (non-hydrogen) atoms. The van der Waals surface area contributed by atoms with Gasteiger partial charge in [-0.1, -0.05) is 40.8 Å². The number of hydrogen-bond donors (Lipinski definition) is 3. The number of halogens is 2.